The third-order valence-electron chi connectivity index (χ3n) is 3.36. The van der Waals surface area contributed by atoms with Crippen LogP contribution < -0.4 is 4.90 Å². The van der Waals surface area contributed by atoms with Crippen LogP contribution in [0.4, 0.5) is 11.4 Å². The standard InChI is InChI=1S/C16H14N2O5/c19-11-17(13-6-8-14(9-7-13)18(22)23)15(16(20)21)10-12-4-2-1-3-5-12/h1-9,11,15H,10H2,(H,20,21)/t15-/m0/s1. The number of hydrogen-bond donors (Lipinski definition) is 1. The summed E-state index contributed by atoms with van der Waals surface area (Å²) in [7, 11) is 0. The molecule has 1 N–H and O–H groups in total. The van der Waals surface area contributed by atoms with Crippen molar-refractivity contribution in [3.8, 4) is 0 Å². The average Bonchev–Trinajstić information content (AvgIpc) is 2.56. The van der Waals surface area contributed by atoms with E-state index in [1.54, 1.807) is 24.3 Å². The number of benzene rings is 2. The molecule has 0 aliphatic carbocycles. The molecule has 118 valence electrons. The van der Waals surface area contributed by atoms with Crippen LogP contribution in [-0.4, -0.2) is 28.5 Å². The number of non-ortho nitro benzene ring substituents is 1. The van der Waals surface area contributed by atoms with Crippen LogP contribution in [0.3, 0.4) is 0 Å². The molecule has 0 radical (unpaired) electrons. The molecule has 2 aromatic carbocycles. The van der Waals surface area contributed by atoms with Gasteiger partial charge in [-0.15, -0.1) is 0 Å². The minimum atomic E-state index is -1.15. The summed E-state index contributed by atoms with van der Waals surface area (Å²) in [6, 6.07) is 13.0. The number of aliphatic carboxylic acids is 1. The van der Waals surface area contributed by atoms with Gasteiger partial charge in [0.05, 0.1) is 4.92 Å². The Kier molecular flexibility index (Phi) is 5.03. The van der Waals surface area contributed by atoms with Crippen LogP contribution in [0.2, 0.25) is 0 Å². The number of carboxylic acids is 1. The van der Waals surface area contributed by atoms with Gasteiger partial charge in [-0.2, -0.15) is 0 Å². The van der Waals surface area contributed by atoms with Crippen molar-refractivity contribution in [1.29, 1.82) is 0 Å². The first kappa shape index (κ1) is 16.2. The molecule has 7 nitrogen and oxygen atoms in total. The lowest BCUT2D eigenvalue weighted by atomic mass is 10.0. The van der Waals surface area contributed by atoms with Gasteiger partial charge in [0.2, 0.25) is 6.41 Å². The maximum atomic E-state index is 11.5. The van der Waals surface area contributed by atoms with Gasteiger partial charge < -0.3 is 10.0 Å². The van der Waals surface area contributed by atoms with Crippen LogP contribution in [0.25, 0.3) is 0 Å². The molecule has 1 atom stereocenters. The van der Waals surface area contributed by atoms with Crippen molar-refractivity contribution < 1.29 is 19.6 Å². The van der Waals surface area contributed by atoms with Crippen molar-refractivity contribution >= 4 is 23.8 Å². The zero-order valence-corrected chi connectivity index (χ0v) is 12.0. The van der Waals surface area contributed by atoms with Gasteiger partial charge in [-0.1, -0.05) is 30.3 Å². The van der Waals surface area contributed by atoms with E-state index in [-0.39, 0.29) is 17.8 Å². The fourth-order valence-corrected chi connectivity index (χ4v) is 2.20. The quantitative estimate of drug-likeness (QED) is 0.480. The Bertz CT molecular complexity index is 700. The summed E-state index contributed by atoms with van der Waals surface area (Å²) in [5.74, 6) is -1.15. The minimum absolute atomic E-state index is 0.130. The highest BCUT2D eigenvalue weighted by Gasteiger charge is 2.26. The van der Waals surface area contributed by atoms with Gasteiger partial charge in [-0.3, -0.25) is 14.9 Å². The lowest BCUT2D eigenvalue weighted by Gasteiger charge is -2.25. The van der Waals surface area contributed by atoms with Gasteiger partial charge >= 0.3 is 5.97 Å². The average molecular weight is 314 g/mol. The molecule has 23 heavy (non-hydrogen) atoms. The highest BCUT2D eigenvalue weighted by Crippen LogP contribution is 2.22. The second-order valence-corrected chi connectivity index (χ2v) is 4.83. The zero-order valence-electron chi connectivity index (χ0n) is 12.0. The van der Waals surface area contributed by atoms with E-state index in [0.29, 0.717) is 6.41 Å². The summed E-state index contributed by atoms with van der Waals surface area (Å²) < 4.78 is 0. The molecule has 0 aliphatic rings. The van der Waals surface area contributed by atoms with E-state index in [1.807, 2.05) is 6.07 Å². The maximum absolute atomic E-state index is 11.5. The molecule has 7 heteroatoms. The molecule has 0 fully saturated rings. The fraction of sp³-hybridized carbons (Fsp3) is 0.125. The summed E-state index contributed by atoms with van der Waals surface area (Å²) in [5, 5.41) is 20.1. The van der Waals surface area contributed by atoms with Crippen LogP contribution in [0.1, 0.15) is 5.56 Å². The first-order valence-electron chi connectivity index (χ1n) is 6.77. The fourth-order valence-electron chi connectivity index (χ4n) is 2.20. The van der Waals surface area contributed by atoms with Crippen molar-refractivity contribution in [2.45, 2.75) is 12.5 Å². The van der Waals surface area contributed by atoms with Gasteiger partial charge in [0, 0.05) is 24.2 Å². The van der Waals surface area contributed by atoms with Crippen molar-refractivity contribution in [3.05, 3.63) is 70.3 Å². The first-order chi connectivity index (χ1) is 11.0. The first-order valence-corrected chi connectivity index (χ1v) is 6.77. The number of carbonyl (C=O) groups is 2. The SMILES string of the molecule is O=CN(c1ccc([N+](=O)[O-])cc1)[C@@H](Cc1ccccc1)C(=O)O. The van der Waals surface area contributed by atoms with Crippen molar-refractivity contribution in [2.75, 3.05) is 4.90 Å². The summed E-state index contributed by atoms with van der Waals surface area (Å²) >= 11 is 0. The normalized spacial score (nSPS) is 11.5. The van der Waals surface area contributed by atoms with Crippen LogP contribution >= 0.6 is 0 Å². The Hall–Kier alpha value is -3.22. The third kappa shape index (κ3) is 3.91. The van der Waals surface area contributed by atoms with Crippen LogP contribution in [0.15, 0.2) is 54.6 Å². The Morgan fingerprint density at radius 1 is 1.17 bits per heavy atom. The summed E-state index contributed by atoms with van der Waals surface area (Å²) in [4.78, 5) is 34.1. The Labute approximate surface area is 131 Å². The number of hydrogen-bond acceptors (Lipinski definition) is 4. The van der Waals surface area contributed by atoms with Gasteiger partial charge in [-0.25, -0.2) is 4.79 Å². The van der Waals surface area contributed by atoms with Crippen LogP contribution in [-0.2, 0) is 16.0 Å². The molecule has 0 saturated carbocycles. The van der Waals surface area contributed by atoms with Gasteiger partial charge in [-0.05, 0) is 17.7 Å². The summed E-state index contributed by atoms with van der Waals surface area (Å²) in [6.45, 7) is 0. The highest BCUT2D eigenvalue weighted by molar-refractivity contribution is 5.88. The number of rotatable bonds is 7. The van der Waals surface area contributed by atoms with E-state index in [2.05, 4.69) is 0 Å². The molecule has 0 bridgehead atoms. The van der Waals surface area contributed by atoms with Crippen molar-refractivity contribution in [1.82, 2.24) is 0 Å². The van der Waals surface area contributed by atoms with Crippen molar-refractivity contribution in [3.63, 3.8) is 0 Å². The minimum Gasteiger partial charge on any atom is -0.480 e. The number of carboxylic acid groups (broad SMARTS) is 1. The lowest BCUT2D eigenvalue weighted by molar-refractivity contribution is -0.384. The Morgan fingerprint density at radius 2 is 1.78 bits per heavy atom. The maximum Gasteiger partial charge on any atom is 0.327 e. The molecular formula is C16H14N2O5. The van der Waals surface area contributed by atoms with Crippen LogP contribution in [0.5, 0.6) is 0 Å². The number of nitro groups is 1. The topological polar surface area (TPSA) is 101 Å². The van der Waals surface area contributed by atoms with E-state index in [1.165, 1.54) is 24.3 Å². The third-order valence-corrected chi connectivity index (χ3v) is 3.36. The second kappa shape index (κ2) is 7.17. The zero-order chi connectivity index (χ0) is 16.8. The molecule has 0 saturated heterocycles. The van der Waals surface area contributed by atoms with E-state index in [9.17, 15) is 24.8 Å². The monoisotopic (exact) mass is 314 g/mol. The summed E-state index contributed by atoms with van der Waals surface area (Å²) in [5.41, 5.74) is 0.928. The van der Waals surface area contributed by atoms with E-state index in [4.69, 9.17) is 0 Å². The van der Waals surface area contributed by atoms with Crippen LogP contribution in [0, 0.1) is 10.1 Å². The summed E-state index contributed by atoms with van der Waals surface area (Å²) in [6.07, 6.45) is 0.550. The van der Waals surface area contributed by atoms with E-state index >= 15 is 0 Å². The number of carbonyl (C=O) groups excluding carboxylic acids is 1. The molecule has 1 amide bonds. The van der Waals surface area contributed by atoms with Gasteiger partial charge in [0.15, 0.2) is 0 Å². The smallest absolute Gasteiger partial charge is 0.327 e. The highest BCUT2D eigenvalue weighted by atomic mass is 16.6. The molecule has 0 aliphatic heterocycles. The van der Waals surface area contributed by atoms with E-state index < -0.39 is 16.9 Å². The molecule has 2 rings (SSSR count). The molecule has 0 spiro atoms. The number of nitrogens with zero attached hydrogens (tertiary/aromatic N) is 2. The predicted octanol–water partition coefficient (Wildman–Crippen LogP) is 2.25. The Morgan fingerprint density at radius 3 is 2.26 bits per heavy atom. The second-order valence-electron chi connectivity index (χ2n) is 4.83. The molecular weight excluding hydrogens is 300 g/mol. The van der Waals surface area contributed by atoms with Gasteiger partial charge in [0.1, 0.15) is 6.04 Å². The lowest BCUT2D eigenvalue weighted by Crippen LogP contribution is -2.42. The number of amides is 1. The Balaban J connectivity index is 2.29. The molecule has 2 aromatic rings. The van der Waals surface area contributed by atoms with Crippen molar-refractivity contribution in [2.24, 2.45) is 0 Å². The number of anilines is 1. The largest absolute Gasteiger partial charge is 0.480 e. The number of nitro benzene ring substituents is 1. The molecule has 0 heterocycles. The van der Waals surface area contributed by atoms with Gasteiger partial charge in [0.25, 0.3) is 5.69 Å². The molecule has 0 unspecified atom stereocenters. The van der Waals surface area contributed by atoms with E-state index in [0.717, 1.165) is 10.5 Å². The molecule has 0 aromatic heterocycles. The predicted molar refractivity (Wildman–Crippen MR) is 83.2 cm³/mol.